The average Bonchev–Trinajstić information content (AvgIpc) is 3.45. The molecule has 5 rings (SSSR count). The highest BCUT2D eigenvalue weighted by Gasteiger charge is 2.48. The Kier molecular flexibility index (Phi) is 7.52. The molecule has 2 aromatic heterocycles. The van der Waals surface area contributed by atoms with Crippen LogP contribution in [0.15, 0.2) is 24.5 Å². The molecular weight excluding hydrogens is 484 g/mol. The topological polar surface area (TPSA) is 127 Å². The van der Waals surface area contributed by atoms with Gasteiger partial charge in [-0.1, -0.05) is 33.6 Å². The van der Waals surface area contributed by atoms with E-state index in [1.807, 2.05) is 0 Å². The van der Waals surface area contributed by atoms with Crippen molar-refractivity contribution in [2.24, 2.45) is 17.8 Å². The van der Waals surface area contributed by atoms with E-state index in [2.05, 4.69) is 46.8 Å². The van der Waals surface area contributed by atoms with Crippen LogP contribution in [0.25, 0.3) is 0 Å². The molecule has 38 heavy (non-hydrogen) atoms. The van der Waals surface area contributed by atoms with E-state index in [0.717, 1.165) is 31.2 Å². The van der Waals surface area contributed by atoms with Crippen molar-refractivity contribution >= 4 is 29.2 Å². The first kappa shape index (κ1) is 26.3. The lowest BCUT2D eigenvalue weighted by atomic mass is 9.76. The number of hydrogen-bond donors (Lipinski definition) is 3. The molecule has 0 radical (unpaired) electrons. The van der Waals surface area contributed by atoms with Crippen molar-refractivity contribution in [1.29, 1.82) is 0 Å². The van der Waals surface area contributed by atoms with E-state index in [9.17, 15) is 14.4 Å². The highest BCUT2D eigenvalue weighted by atomic mass is 16.5. The number of ether oxygens (including phenoxy) is 1. The van der Waals surface area contributed by atoms with E-state index in [-0.39, 0.29) is 23.6 Å². The maximum atomic E-state index is 13.6. The number of pyridine rings is 1. The van der Waals surface area contributed by atoms with E-state index in [4.69, 9.17) is 4.74 Å². The van der Waals surface area contributed by atoms with E-state index in [1.54, 1.807) is 29.2 Å². The van der Waals surface area contributed by atoms with Crippen molar-refractivity contribution in [2.45, 2.75) is 77.3 Å². The summed E-state index contributed by atoms with van der Waals surface area (Å²) in [6.45, 7) is 8.04. The molecule has 3 N–H and O–H groups in total. The minimum Gasteiger partial charge on any atom is -0.381 e. The number of amides is 3. The molecule has 1 saturated carbocycles. The molecule has 2 fully saturated rings. The lowest BCUT2D eigenvalue weighted by molar-refractivity contribution is -0.124. The molecule has 10 nitrogen and oxygen atoms in total. The van der Waals surface area contributed by atoms with Gasteiger partial charge in [0.15, 0.2) is 0 Å². The van der Waals surface area contributed by atoms with E-state index in [0.29, 0.717) is 61.6 Å². The number of nitrogens with one attached hydrogen (secondary N) is 3. The second-order valence-corrected chi connectivity index (χ2v) is 11.5. The van der Waals surface area contributed by atoms with Gasteiger partial charge in [-0.05, 0) is 49.5 Å². The molecule has 0 bridgehead atoms. The largest absolute Gasteiger partial charge is 0.381 e. The normalized spacial score (nSPS) is 23.1. The van der Waals surface area contributed by atoms with Crippen LogP contribution in [0.1, 0.15) is 75.3 Å². The minimum absolute atomic E-state index is 0.0243. The fourth-order valence-electron chi connectivity index (χ4n) is 6.04. The summed E-state index contributed by atoms with van der Waals surface area (Å²) in [5.74, 6) is 0.663. The molecule has 1 aliphatic carbocycles. The van der Waals surface area contributed by atoms with Crippen LogP contribution >= 0.6 is 0 Å². The smallest absolute Gasteiger partial charge is 0.270 e. The van der Waals surface area contributed by atoms with E-state index in [1.165, 1.54) is 0 Å². The van der Waals surface area contributed by atoms with Gasteiger partial charge < -0.3 is 20.7 Å². The standard InChI is InChI=1S/C28H38N6O4/c1-17(2)16-34-22(8-11-30-34)25(35)33-24(19-6-4-18(3)5-7-19)26(36)32-23-14-21-20(15-29-23)28(27(37)31-21)9-12-38-13-10-28/h8,11,14-15,17-19,24H,4-7,9-10,12-13,16H2,1-3H3,(H,31,37)(H,33,35)(H,29,32,36). The predicted molar refractivity (Wildman–Crippen MR) is 143 cm³/mol. The Hall–Kier alpha value is -3.27. The molecule has 2 aromatic rings. The zero-order chi connectivity index (χ0) is 26.9. The molecule has 10 heteroatoms. The van der Waals surface area contributed by atoms with Crippen molar-refractivity contribution in [2.75, 3.05) is 23.8 Å². The summed E-state index contributed by atoms with van der Waals surface area (Å²) in [4.78, 5) is 44.3. The van der Waals surface area contributed by atoms with E-state index < -0.39 is 11.5 Å². The van der Waals surface area contributed by atoms with Crippen molar-refractivity contribution < 1.29 is 19.1 Å². The second-order valence-electron chi connectivity index (χ2n) is 11.5. The third-order valence-corrected chi connectivity index (χ3v) is 8.29. The number of rotatable bonds is 7. The molecular formula is C28H38N6O4. The van der Waals surface area contributed by atoms with Crippen LogP contribution in [-0.2, 0) is 26.3 Å². The summed E-state index contributed by atoms with van der Waals surface area (Å²) in [7, 11) is 0. The number of fused-ring (bicyclic) bond motifs is 2. The van der Waals surface area contributed by atoms with Gasteiger partial charge in [0.25, 0.3) is 5.91 Å². The quantitative estimate of drug-likeness (QED) is 0.511. The fraction of sp³-hybridized carbons (Fsp3) is 0.607. The summed E-state index contributed by atoms with van der Waals surface area (Å²) in [5, 5.41) is 13.2. The average molecular weight is 523 g/mol. The number of hydrogen-bond acceptors (Lipinski definition) is 6. The van der Waals surface area contributed by atoms with Gasteiger partial charge in [-0.15, -0.1) is 0 Å². The van der Waals surface area contributed by atoms with Crippen LogP contribution in [-0.4, -0.2) is 51.7 Å². The number of aromatic nitrogens is 3. The van der Waals surface area contributed by atoms with Crippen LogP contribution in [0, 0.1) is 17.8 Å². The van der Waals surface area contributed by atoms with Crippen LogP contribution in [0.4, 0.5) is 11.5 Å². The highest BCUT2D eigenvalue weighted by molar-refractivity contribution is 6.07. The predicted octanol–water partition coefficient (Wildman–Crippen LogP) is 3.50. The van der Waals surface area contributed by atoms with Crippen LogP contribution in [0.3, 0.4) is 0 Å². The lowest BCUT2D eigenvalue weighted by Gasteiger charge is -2.32. The molecule has 204 valence electrons. The fourth-order valence-corrected chi connectivity index (χ4v) is 6.04. The Balaban J connectivity index is 1.35. The molecule has 0 aromatic carbocycles. The maximum Gasteiger partial charge on any atom is 0.270 e. The zero-order valence-electron chi connectivity index (χ0n) is 22.5. The Morgan fingerprint density at radius 2 is 1.95 bits per heavy atom. The SMILES string of the molecule is CC(C)Cn1nccc1C(=O)NC(C(=O)Nc1cc2c(cn1)C1(CCOCC1)C(=O)N2)C1CCC(C)CC1. The molecule has 4 heterocycles. The first-order valence-electron chi connectivity index (χ1n) is 13.8. The Bertz CT molecular complexity index is 1190. The number of carbonyl (C=O) groups excluding carboxylic acids is 3. The number of nitrogens with zero attached hydrogens (tertiary/aromatic N) is 3. The molecule has 3 aliphatic rings. The van der Waals surface area contributed by atoms with Gasteiger partial charge in [0.05, 0.1) is 11.1 Å². The first-order chi connectivity index (χ1) is 18.3. The minimum atomic E-state index is -0.705. The Morgan fingerprint density at radius 3 is 2.66 bits per heavy atom. The van der Waals surface area contributed by atoms with E-state index >= 15 is 0 Å². The second kappa shape index (κ2) is 10.8. The van der Waals surface area contributed by atoms with Gasteiger partial charge in [0.1, 0.15) is 17.6 Å². The monoisotopic (exact) mass is 522 g/mol. The molecule has 3 amide bonds. The summed E-state index contributed by atoms with van der Waals surface area (Å²) in [6.07, 6.45) is 8.29. The van der Waals surface area contributed by atoms with Crippen molar-refractivity contribution in [1.82, 2.24) is 20.1 Å². The van der Waals surface area contributed by atoms with Gasteiger partial charge in [-0.25, -0.2) is 4.98 Å². The molecule has 2 aliphatic heterocycles. The third kappa shape index (κ3) is 5.18. The Labute approximate surface area is 223 Å². The van der Waals surface area contributed by atoms with Gasteiger partial charge in [0, 0.05) is 43.8 Å². The zero-order valence-corrected chi connectivity index (χ0v) is 22.5. The lowest BCUT2D eigenvalue weighted by Crippen LogP contribution is -2.49. The molecule has 1 saturated heterocycles. The summed E-state index contributed by atoms with van der Waals surface area (Å²) in [6, 6.07) is 2.70. The molecule has 1 atom stereocenters. The van der Waals surface area contributed by atoms with Crippen LogP contribution < -0.4 is 16.0 Å². The number of anilines is 2. The maximum absolute atomic E-state index is 13.6. The van der Waals surface area contributed by atoms with Crippen molar-refractivity contribution in [3.8, 4) is 0 Å². The summed E-state index contributed by atoms with van der Waals surface area (Å²) in [5.41, 5.74) is 1.36. The first-order valence-corrected chi connectivity index (χ1v) is 13.8. The Morgan fingerprint density at radius 1 is 1.21 bits per heavy atom. The van der Waals surface area contributed by atoms with Gasteiger partial charge in [0.2, 0.25) is 11.8 Å². The summed E-state index contributed by atoms with van der Waals surface area (Å²) >= 11 is 0. The van der Waals surface area contributed by atoms with Crippen molar-refractivity contribution in [3.63, 3.8) is 0 Å². The van der Waals surface area contributed by atoms with Crippen LogP contribution in [0.5, 0.6) is 0 Å². The highest BCUT2D eigenvalue weighted by Crippen LogP contribution is 2.44. The van der Waals surface area contributed by atoms with Crippen molar-refractivity contribution in [3.05, 3.63) is 35.8 Å². The van der Waals surface area contributed by atoms with Gasteiger partial charge in [-0.3, -0.25) is 19.1 Å². The molecule has 1 unspecified atom stereocenters. The van der Waals surface area contributed by atoms with Gasteiger partial charge in [-0.2, -0.15) is 5.10 Å². The van der Waals surface area contributed by atoms with Crippen LogP contribution in [0.2, 0.25) is 0 Å². The summed E-state index contributed by atoms with van der Waals surface area (Å²) < 4.78 is 7.16. The molecule has 1 spiro atoms. The number of carbonyl (C=O) groups is 3. The third-order valence-electron chi connectivity index (χ3n) is 8.29. The van der Waals surface area contributed by atoms with Gasteiger partial charge >= 0.3 is 0 Å².